The molecule has 100 valence electrons. The Hall–Kier alpha value is -2.24. The first-order chi connectivity index (χ1) is 9.13. The van der Waals surface area contributed by atoms with Crippen LogP contribution in [-0.4, -0.2) is 27.7 Å². The molecule has 2 aromatic heterocycles. The van der Waals surface area contributed by atoms with E-state index in [4.69, 9.17) is 9.26 Å². The lowest BCUT2D eigenvalue weighted by atomic mass is 10.1. The Morgan fingerprint density at radius 2 is 2.32 bits per heavy atom. The van der Waals surface area contributed by atoms with E-state index in [1.165, 1.54) is 0 Å². The van der Waals surface area contributed by atoms with Crippen molar-refractivity contribution >= 4 is 5.97 Å². The van der Waals surface area contributed by atoms with Gasteiger partial charge in [-0.3, -0.25) is 9.78 Å². The Morgan fingerprint density at radius 3 is 3.00 bits per heavy atom. The zero-order chi connectivity index (χ0) is 13.8. The molecule has 0 N–H and O–H groups in total. The van der Waals surface area contributed by atoms with Gasteiger partial charge in [0.05, 0.1) is 6.61 Å². The predicted octanol–water partition coefficient (Wildman–Crippen LogP) is 2.11. The van der Waals surface area contributed by atoms with Crippen molar-refractivity contribution in [2.24, 2.45) is 0 Å². The van der Waals surface area contributed by atoms with Crippen LogP contribution < -0.4 is 0 Å². The highest BCUT2D eigenvalue weighted by Crippen LogP contribution is 2.22. The molecule has 0 saturated heterocycles. The summed E-state index contributed by atoms with van der Waals surface area (Å²) in [6.07, 6.45) is 3.38. The van der Waals surface area contributed by atoms with E-state index < -0.39 is 5.92 Å². The number of rotatable bonds is 4. The second-order valence-corrected chi connectivity index (χ2v) is 4.12. The van der Waals surface area contributed by atoms with Gasteiger partial charge in [-0.2, -0.15) is 4.98 Å². The highest BCUT2D eigenvalue weighted by Gasteiger charge is 2.23. The molecule has 2 rings (SSSR count). The smallest absolute Gasteiger partial charge is 0.318 e. The van der Waals surface area contributed by atoms with E-state index in [1.807, 2.05) is 6.92 Å². The molecule has 6 heteroatoms. The first-order valence-corrected chi connectivity index (χ1v) is 6.04. The number of aromatic nitrogens is 3. The van der Waals surface area contributed by atoms with Crippen molar-refractivity contribution in [1.82, 2.24) is 15.1 Å². The number of aryl methyl sites for hydroxylation is 1. The number of nitrogens with zero attached hydrogens (tertiary/aromatic N) is 3. The number of carbonyl (C=O) groups excluding carboxylic acids is 1. The third-order valence-electron chi connectivity index (χ3n) is 2.71. The number of hydrogen-bond donors (Lipinski definition) is 0. The Kier molecular flexibility index (Phi) is 3.89. The minimum absolute atomic E-state index is 0.254. The van der Waals surface area contributed by atoms with Crippen molar-refractivity contribution in [3.05, 3.63) is 29.9 Å². The van der Waals surface area contributed by atoms with Crippen LogP contribution in [0.2, 0.25) is 0 Å². The van der Waals surface area contributed by atoms with Gasteiger partial charge in [0.2, 0.25) is 11.7 Å². The van der Waals surface area contributed by atoms with Crippen LogP contribution in [0.4, 0.5) is 0 Å². The molecule has 0 fully saturated rings. The van der Waals surface area contributed by atoms with Crippen LogP contribution in [-0.2, 0) is 9.53 Å². The highest BCUT2D eigenvalue weighted by atomic mass is 16.5. The minimum Gasteiger partial charge on any atom is -0.465 e. The monoisotopic (exact) mass is 261 g/mol. The average molecular weight is 261 g/mol. The molecule has 19 heavy (non-hydrogen) atoms. The summed E-state index contributed by atoms with van der Waals surface area (Å²) in [6, 6.07) is 1.80. The predicted molar refractivity (Wildman–Crippen MR) is 67.3 cm³/mol. The Morgan fingerprint density at radius 1 is 1.53 bits per heavy atom. The highest BCUT2D eigenvalue weighted by molar-refractivity contribution is 5.76. The molecular formula is C13H15N3O3. The van der Waals surface area contributed by atoms with Crippen LogP contribution >= 0.6 is 0 Å². The molecule has 0 aliphatic heterocycles. The summed E-state index contributed by atoms with van der Waals surface area (Å²) in [4.78, 5) is 19.8. The quantitative estimate of drug-likeness (QED) is 0.784. The van der Waals surface area contributed by atoms with Crippen LogP contribution in [0.15, 0.2) is 23.0 Å². The molecule has 6 nitrogen and oxygen atoms in total. The maximum Gasteiger partial charge on any atom is 0.318 e. The number of hydrogen-bond acceptors (Lipinski definition) is 6. The summed E-state index contributed by atoms with van der Waals surface area (Å²) in [5.41, 5.74) is 1.78. The minimum atomic E-state index is -0.566. The summed E-state index contributed by atoms with van der Waals surface area (Å²) >= 11 is 0. The summed E-state index contributed by atoms with van der Waals surface area (Å²) in [6.45, 7) is 5.67. The van der Waals surface area contributed by atoms with Gasteiger partial charge in [-0.15, -0.1) is 0 Å². The van der Waals surface area contributed by atoms with Gasteiger partial charge in [-0.1, -0.05) is 5.16 Å². The number of esters is 1. The standard InChI is InChI=1S/C13H15N3O3/c1-4-18-13(17)9(3)12-15-11(16-19-12)10-5-6-14-7-8(10)2/h5-7,9H,4H2,1-3H3. The second-order valence-electron chi connectivity index (χ2n) is 4.12. The molecule has 0 aromatic carbocycles. The van der Waals surface area contributed by atoms with Crippen LogP contribution in [0.1, 0.15) is 31.2 Å². The van der Waals surface area contributed by atoms with Crippen LogP contribution in [0, 0.1) is 6.92 Å². The van der Waals surface area contributed by atoms with Crippen LogP contribution in [0.3, 0.4) is 0 Å². The third-order valence-corrected chi connectivity index (χ3v) is 2.71. The van der Waals surface area contributed by atoms with E-state index in [9.17, 15) is 4.79 Å². The fourth-order valence-corrected chi connectivity index (χ4v) is 1.61. The molecule has 1 unspecified atom stereocenters. The lowest BCUT2D eigenvalue weighted by molar-refractivity contribution is -0.145. The van der Waals surface area contributed by atoms with E-state index >= 15 is 0 Å². The lowest BCUT2D eigenvalue weighted by Gasteiger charge is -2.04. The second kappa shape index (κ2) is 5.60. The SMILES string of the molecule is CCOC(=O)C(C)c1nc(-c2ccncc2C)no1. The number of carbonyl (C=O) groups is 1. The first-order valence-electron chi connectivity index (χ1n) is 6.04. The van der Waals surface area contributed by atoms with Gasteiger partial charge in [0.1, 0.15) is 5.92 Å². The molecule has 0 amide bonds. The van der Waals surface area contributed by atoms with Crippen molar-refractivity contribution in [1.29, 1.82) is 0 Å². The number of ether oxygens (including phenoxy) is 1. The van der Waals surface area contributed by atoms with E-state index in [2.05, 4.69) is 15.1 Å². The van der Waals surface area contributed by atoms with E-state index in [0.29, 0.717) is 12.4 Å². The van der Waals surface area contributed by atoms with Crippen molar-refractivity contribution in [3.8, 4) is 11.4 Å². The van der Waals surface area contributed by atoms with Gasteiger partial charge in [0.15, 0.2) is 0 Å². The molecule has 0 aliphatic carbocycles. The third kappa shape index (κ3) is 2.78. The van der Waals surface area contributed by atoms with Crippen molar-refractivity contribution in [2.45, 2.75) is 26.7 Å². The van der Waals surface area contributed by atoms with Gasteiger partial charge < -0.3 is 9.26 Å². The summed E-state index contributed by atoms with van der Waals surface area (Å²) in [5.74, 6) is -0.233. The first kappa shape index (κ1) is 13.2. The van der Waals surface area contributed by atoms with Crippen molar-refractivity contribution in [2.75, 3.05) is 6.61 Å². The van der Waals surface area contributed by atoms with Crippen molar-refractivity contribution in [3.63, 3.8) is 0 Å². The molecular weight excluding hydrogens is 246 g/mol. The summed E-state index contributed by atoms with van der Waals surface area (Å²) in [7, 11) is 0. The normalized spacial score (nSPS) is 12.2. The average Bonchev–Trinajstić information content (AvgIpc) is 2.88. The molecule has 2 aromatic rings. The zero-order valence-corrected chi connectivity index (χ0v) is 11.1. The zero-order valence-electron chi connectivity index (χ0n) is 11.1. The van der Waals surface area contributed by atoms with E-state index in [-0.39, 0.29) is 11.9 Å². The lowest BCUT2D eigenvalue weighted by Crippen LogP contribution is -2.13. The maximum atomic E-state index is 11.6. The molecule has 0 aliphatic rings. The molecule has 0 radical (unpaired) electrons. The molecule has 0 saturated carbocycles. The topological polar surface area (TPSA) is 78.1 Å². The van der Waals surface area contributed by atoms with Gasteiger partial charge in [0.25, 0.3) is 0 Å². The molecule has 0 spiro atoms. The van der Waals surface area contributed by atoms with Crippen LogP contribution in [0.5, 0.6) is 0 Å². The largest absolute Gasteiger partial charge is 0.465 e. The maximum absolute atomic E-state index is 11.6. The fourth-order valence-electron chi connectivity index (χ4n) is 1.61. The molecule has 1 atom stereocenters. The van der Waals surface area contributed by atoms with E-state index in [1.54, 1.807) is 32.3 Å². The van der Waals surface area contributed by atoms with Gasteiger partial charge in [-0.25, -0.2) is 0 Å². The molecule has 0 bridgehead atoms. The molecule has 2 heterocycles. The fraction of sp³-hybridized carbons (Fsp3) is 0.385. The Bertz CT molecular complexity index is 580. The number of pyridine rings is 1. The van der Waals surface area contributed by atoms with Crippen molar-refractivity contribution < 1.29 is 14.1 Å². The van der Waals surface area contributed by atoms with Crippen LogP contribution in [0.25, 0.3) is 11.4 Å². The Labute approximate surface area is 110 Å². The van der Waals surface area contributed by atoms with Gasteiger partial charge >= 0.3 is 5.97 Å². The Balaban J connectivity index is 2.24. The van der Waals surface area contributed by atoms with Gasteiger partial charge in [0, 0.05) is 18.0 Å². The summed E-state index contributed by atoms with van der Waals surface area (Å²) < 4.78 is 10.0. The van der Waals surface area contributed by atoms with E-state index in [0.717, 1.165) is 11.1 Å². The summed E-state index contributed by atoms with van der Waals surface area (Å²) in [5, 5.41) is 3.89. The van der Waals surface area contributed by atoms with Gasteiger partial charge in [-0.05, 0) is 32.4 Å².